The Morgan fingerprint density at radius 2 is 1.50 bits per heavy atom. The van der Waals surface area contributed by atoms with Crippen molar-refractivity contribution in [2.75, 3.05) is 13.2 Å². The van der Waals surface area contributed by atoms with Gasteiger partial charge in [-0.2, -0.15) is 8.42 Å². The van der Waals surface area contributed by atoms with Gasteiger partial charge in [-0.3, -0.25) is 9.35 Å². The van der Waals surface area contributed by atoms with Crippen LogP contribution in [0, 0.1) is 0 Å². The van der Waals surface area contributed by atoms with Gasteiger partial charge in [0.1, 0.15) is 5.25 Å². The van der Waals surface area contributed by atoms with Gasteiger partial charge in [-0.1, -0.05) is 64.0 Å². The minimum Gasteiger partial charge on any atom is -0.550 e. The third-order valence-electron chi connectivity index (χ3n) is 5.15. The average molecular weight is 584 g/mol. The SMILES string of the molecule is CCCCCC[C@@H](O)C/C=C\CCCCCCCC(=O)NCCO.O=C([O-])CC(C(=O)[O-])S(=O)(=O)O.[Na+].[Na+]. The molecule has 0 radical (unpaired) electrons. The number of aliphatic carboxylic acids is 2. The molecule has 0 aromatic heterocycles. The molecule has 0 spiro atoms. The van der Waals surface area contributed by atoms with Crippen molar-refractivity contribution >= 4 is 28.0 Å². The maximum atomic E-state index is 11.3. The van der Waals surface area contributed by atoms with Crippen molar-refractivity contribution in [1.29, 1.82) is 0 Å². The molecule has 0 aliphatic rings. The summed E-state index contributed by atoms with van der Waals surface area (Å²) in [5.74, 6) is -4.04. The van der Waals surface area contributed by atoms with Gasteiger partial charge in [-0.05, 0) is 32.1 Å². The molecule has 38 heavy (non-hydrogen) atoms. The van der Waals surface area contributed by atoms with Crippen LogP contribution in [0.15, 0.2) is 12.2 Å². The third-order valence-corrected chi connectivity index (χ3v) is 6.23. The van der Waals surface area contributed by atoms with Crippen LogP contribution < -0.4 is 74.6 Å². The Morgan fingerprint density at radius 1 is 0.921 bits per heavy atom. The maximum Gasteiger partial charge on any atom is 1.00 e. The number of nitrogens with one attached hydrogen (secondary N) is 1. The summed E-state index contributed by atoms with van der Waals surface area (Å²) >= 11 is 0. The van der Waals surface area contributed by atoms with E-state index in [0.717, 1.165) is 38.5 Å². The molecule has 1 amide bonds. The molecular formula is C24H43NNa2O10S. The number of hydrogen-bond acceptors (Lipinski definition) is 9. The molecule has 11 nitrogen and oxygen atoms in total. The fourth-order valence-electron chi connectivity index (χ4n) is 3.12. The van der Waals surface area contributed by atoms with Crippen molar-refractivity contribution in [3.05, 3.63) is 12.2 Å². The van der Waals surface area contributed by atoms with Gasteiger partial charge in [0, 0.05) is 25.4 Å². The minimum absolute atomic E-state index is 0. The molecule has 0 bridgehead atoms. The molecule has 1 unspecified atom stereocenters. The Bertz CT molecular complexity index is 736. The van der Waals surface area contributed by atoms with Gasteiger partial charge in [0.05, 0.1) is 18.7 Å². The first-order chi connectivity index (χ1) is 16.9. The molecule has 0 aliphatic carbocycles. The predicted molar refractivity (Wildman–Crippen MR) is 131 cm³/mol. The van der Waals surface area contributed by atoms with Gasteiger partial charge in [-0.15, -0.1) is 0 Å². The molecule has 212 valence electrons. The van der Waals surface area contributed by atoms with E-state index in [9.17, 15) is 38.1 Å². The van der Waals surface area contributed by atoms with Gasteiger partial charge in [0.15, 0.2) is 0 Å². The van der Waals surface area contributed by atoms with Crippen LogP contribution in [-0.2, 0) is 24.5 Å². The largest absolute Gasteiger partial charge is 1.00 e. The second kappa shape index (κ2) is 30.0. The molecule has 4 N–H and O–H groups in total. The first-order valence-corrected chi connectivity index (χ1v) is 14.0. The van der Waals surface area contributed by atoms with E-state index in [1.165, 1.54) is 38.5 Å². The van der Waals surface area contributed by atoms with E-state index in [2.05, 4.69) is 24.4 Å². The van der Waals surface area contributed by atoms with E-state index in [1.807, 2.05) is 0 Å². The van der Waals surface area contributed by atoms with E-state index < -0.39 is 33.7 Å². The molecule has 0 aromatic rings. The Hall–Kier alpha value is -0.0200. The first-order valence-electron chi connectivity index (χ1n) is 12.5. The fraction of sp³-hybridized carbons (Fsp3) is 0.792. The topological polar surface area (TPSA) is 204 Å². The molecule has 2 atom stereocenters. The Kier molecular flexibility index (Phi) is 35.5. The van der Waals surface area contributed by atoms with Gasteiger partial charge in [0.2, 0.25) is 5.91 Å². The summed E-state index contributed by atoms with van der Waals surface area (Å²) in [6.45, 7) is 2.57. The zero-order valence-corrected chi connectivity index (χ0v) is 28.0. The summed E-state index contributed by atoms with van der Waals surface area (Å²) in [4.78, 5) is 31.0. The van der Waals surface area contributed by atoms with Crippen LogP contribution in [0.25, 0.3) is 0 Å². The Morgan fingerprint density at radius 3 is 2.00 bits per heavy atom. The van der Waals surface area contributed by atoms with Crippen molar-refractivity contribution in [3.63, 3.8) is 0 Å². The summed E-state index contributed by atoms with van der Waals surface area (Å²) in [6.07, 6.45) is 16.6. The quantitative estimate of drug-likeness (QED) is 0.0436. The zero-order chi connectivity index (χ0) is 27.8. The van der Waals surface area contributed by atoms with Crippen LogP contribution >= 0.6 is 0 Å². The monoisotopic (exact) mass is 583 g/mol. The second-order valence-corrected chi connectivity index (χ2v) is 10.1. The van der Waals surface area contributed by atoms with Crippen molar-refractivity contribution in [2.45, 2.75) is 108 Å². The van der Waals surface area contributed by atoms with E-state index in [4.69, 9.17) is 9.66 Å². The number of aliphatic hydroxyl groups excluding tert-OH is 2. The van der Waals surface area contributed by atoms with Crippen LogP contribution in [0.1, 0.15) is 96.8 Å². The number of rotatable bonds is 21. The van der Waals surface area contributed by atoms with E-state index in [0.29, 0.717) is 13.0 Å². The molecule has 0 fully saturated rings. The minimum atomic E-state index is -4.94. The van der Waals surface area contributed by atoms with Crippen molar-refractivity contribution < 1.29 is 107 Å². The standard InChI is InChI=1S/C20H39NO3.C4H6O7S.2Na/c1-2-3-4-11-14-19(23)15-12-9-7-5-6-8-10-13-16-20(24)21-17-18-22;5-3(6)1-2(4(7)8)12(9,10)11;;/h9,12,19,22-23H,2-8,10-11,13-18H2,1H3,(H,21,24);2H,1H2,(H,5,6)(H,7,8)(H,9,10,11);;/q;;2*+1/p-2/b12-9-;;;/t19-;;;/m1.../s1. The maximum absolute atomic E-state index is 11.3. The number of carboxylic acid groups (broad SMARTS) is 2. The van der Waals surface area contributed by atoms with Gasteiger partial charge < -0.3 is 35.3 Å². The Balaban J connectivity index is -0.000000351. The molecule has 0 saturated heterocycles. The number of aliphatic hydroxyl groups is 2. The third kappa shape index (κ3) is 32.2. The summed E-state index contributed by atoms with van der Waals surface area (Å²) in [6, 6.07) is 0. The average Bonchev–Trinajstić information content (AvgIpc) is 2.79. The van der Waals surface area contributed by atoms with Crippen LogP contribution in [0.5, 0.6) is 0 Å². The summed E-state index contributed by atoms with van der Waals surface area (Å²) in [7, 11) is -4.94. The molecule has 0 aromatic carbocycles. The number of carbonyl (C=O) groups is 3. The normalized spacial score (nSPS) is 12.3. The molecule has 0 aliphatic heterocycles. The number of carbonyl (C=O) groups excluding carboxylic acids is 3. The van der Waals surface area contributed by atoms with Gasteiger partial charge >= 0.3 is 59.1 Å². The summed E-state index contributed by atoms with van der Waals surface area (Å²) in [5, 5.41) is 38.4. The summed E-state index contributed by atoms with van der Waals surface area (Å²) < 4.78 is 28.5. The number of unbranched alkanes of at least 4 members (excludes halogenated alkanes) is 8. The molecule has 0 saturated carbocycles. The van der Waals surface area contributed by atoms with E-state index in [1.54, 1.807) is 0 Å². The van der Waals surface area contributed by atoms with Gasteiger partial charge in [-0.25, -0.2) is 0 Å². The Labute approximate surface area is 271 Å². The van der Waals surface area contributed by atoms with Crippen LogP contribution in [-0.4, -0.2) is 65.5 Å². The predicted octanol–water partition coefficient (Wildman–Crippen LogP) is -5.76. The van der Waals surface area contributed by atoms with Crippen molar-refractivity contribution in [1.82, 2.24) is 5.32 Å². The van der Waals surface area contributed by atoms with Crippen LogP contribution in [0.3, 0.4) is 0 Å². The molecule has 14 heteroatoms. The number of carboxylic acids is 2. The number of allylic oxidation sites excluding steroid dienone is 1. The van der Waals surface area contributed by atoms with E-state index >= 15 is 0 Å². The number of amides is 1. The molecular weight excluding hydrogens is 540 g/mol. The fourth-order valence-corrected chi connectivity index (χ4v) is 3.71. The molecule has 0 rings (SSSR count). The first kappa shape index (κ1) is 45.0. The smallest absolute Gasteiger partial charge is 0.550 e. The van der Waals surface area contributed by atoms with Crippen LogP contribution in [0.2, 0.25) is 0 Å². The van der Waals surface area contributed by atoms with E-state index in [-0.39, 0.29) is 77.7 Å². The van der Waals surface area contributed by atoms with Crippen molar-refractivity contribution in [2.24, 2.45) is 0 Å². The van der Waals surface area contributed by atoms with Crippen molar-refractivity contribution in [3.8, 4) is 0 Å². The molecule has 0 heterocycles. The summed E-state index contributed by atoms with van der Waals surface area (Å²) in [5.41, 5.74) is 0. The van der Waals surface area contributed by atoms with Gasteiger partial charge in [0.25, 0.3) is 10.1 Å². The second-order valence-electron chi connectivity index (χ2n) is 8.49. The number of hydrogen-bond donors (Lipinski definition) is 4. The zero-order valence-electron chi connectivity index (χ0n) is 23.2. The van der Waals surface area contributed by atoms with Crippen LogP contribution in [0.4, 0.5) is 0 Å².